The van der Waals surface area contributed by atoms with Crippen molar-refractivity contribution in [2.45, 2.75) is 26.2 Å². The molecule has 1 saturated heterocycles. The molecule has 1 fully saturated rings. The van der Waals surface area contributed by atoms with Crippen LogP contribution in [0.2, 0.25) is 0 Å². The molecule has 210 valence electrons. The Bertz CT molecular complexity index is 1680. The highest BCUT2D eigenvalue weighted by molar-refractivity contribution is 6.00. The molecule has 1 aliphatic heterocycles. The molecule has 0 unspecified atom stereocenters. The number of ether oxygens (including phenoxy) is 1. The van der Waals surface area contributed by atoms with E-state index in [0.29, 0.717) is 39.8 Å². The van der Waals surface area contributed by atoms with E-state index in [4.69, 9.17) is 20.1 Å². The minimum atomic E-state index is -0.431. The van der Waals surface area contributed by atoms with Crippen molar-refractivity contribution in [2.24, 2.45) is 0 Å². The molecule has 1 aliphatic rings. The van der Waals surface area contributed by atoms with E-state index < -0.39 is 6.03 Å². The van der Waals surface area contributed by atoms with Crippen LogP contribution in [0, 0.1) is 0 Å². The number of carbonyl (C=O) groups excluding carboxylic acids is 1. The Morgan fingerprint density at radius 2 is 1.66 bits per heavy atom. The van der Waals surface area contributed by atoms with Gasteiger partial charge in [0.15, 0.2) is 11.5 Å². The highest BCUT2D eigenvalue weighted by atomic mass is 16.5. The van der Waals surface area contributed by atoms with Crippen LogP contribution in [0.1, 0.15) is 26.5 Å². The molecule has 0 aliphatic carbocycles. The summed E-state index contributed by atoms with van der Waals surface area (Å²) >= 11 is 0. The van der Waals surface area contributed by atoms with Gasteiger partial charge in [0.1, 0.15) is 23.6 Å². The first-order valence-electron chi connectivity index (χ1n) is 13.3. The summed E-state index contributed by atoms with van der Waals surface area (Å²) in [6.45, 7) is 9.20. The van der Waals surface area contributed by atoms with Gasteiger partial charge in [-0.3, -0.25) is 5.32 Å². The number of hydrogen-bond donors (Lipinski definition) is 3. The Morgan fingerprint density at radius 1 is 0.951 bits per heavy atom. The average molecular weight is 554 g/mol. The number of nitrogens with zero attached hydrogens (tertiary/aromatic N) is 6. The molecular formula is C29H31N9O3. The molecule has 4 heterocycles. The topological polar surface area (TPSA) is 149 Å². The SMILES string of the molecule is CC(C)(C)c1cc(NC(=O)Nc2ccc(-n3nc(-c4ccc(N5CCOCC5)cc4)c4c(N)ncnc43)cc2)no1. The Kier molecular flexibility index (Phi) is 6.75. The number of aromatic nitrogens is 5. The first-order valence-corrected chi connectivity index (χ1v) is 13.3. The number of anilines is 4. The van der Waals surface area contributed by atoms with Gasteiger partial charge in [0.25, 0.3) is 0 Å². The highest BCUT2D eigenvalue weighted by Crippen LogP contribution is 2.33. The summed E-state index contributed by atoms with van der Waals surface area (Å²) in [5.41, 5.74) is 10.8. The van der Waals surface area contributed by atoms with Crippen LogP contribution in [0.15, 0.2) is 65.4 Å². The number of fused-ring (bicyclic) bond motifs is 1. The second-order valence-corrected chi connectivity index (χ2v) is 10.8. The van der Waals surface area contributed by atoms with Crippen LogP contribution in [0.3, 0.4) is 0 Å². The van der Waals surface area contributed by atoms with Crippen LogP contribution in [0.4, 0.5) is 27.8 Å². The number of amides is 2. The number of nitrogens with one attached hydrogen (secondary N) is 2. The van der Waals surface area contributed by atoms with E-state index in [1.54, 1.807) is 22.9 Å². The van der Waals surface area contributed by atoms with E-state index in [1.807, 2.05) is 45.0 Å². The smallest absolute Gasteiger partial charge is 0.324 e. The maximum Gasteiger partial charge on any atom is 0.324 e. The lowest BCUT2D eigenvalue weighted by Crippen LogP contribution is -2.36. The van der Waals surface area contributed by atoms with Crippen molar-refractivity contribution in [1.29, 1.82) is 0 Å². The fourth-order valence-electron chi connectivity index (χ4n) is 4.66. The Hall–Kier alpha value is -4.97. The van der Waals surface area contributed by atoms with Gasteiger partial charge in [-0.25, -0.2) is 19.4 Å². The van der Waals surface area contributed by atoms with Crippen LogP contribution in [-0.2, 0) is 10.2 Å². The van der Waals surface area contributed by atoms with Crippen molar-refractivity contribution >= 4 is 40.1 Å². The maximum atomic E-state index is 12.5. The van der Waals surface area contributed by atoms with Gasteiger partial charge >= 0.3 is 6.03 Å². The van der Waals surface area contributed by atoms with E-state index in [1.165, 1.54) is 6.33 Å². The van der Waals surface area contributed by atoms with Gasteiger partial charge in [0, 0.05) is 41.5 Å². The van der Waals surface area contributed by atoms with Gasteiger partial charge in [0.2, 0.25) is 0 Å². The maximum absolute atomic E-state index is 12.5. The molecule has 0 spiro atoms. The van der Waals surface area contributed by atoms with Gasteiger partial charge in [-0.2, -0.15) is 5.10 Å². The predicted octanol–water partition coefficient (Wildman–Crippen LogP) is 4.83. The lowest BCUT2D eigenvalue weighted by atomic mass is 9.93. The van der Waals surface area contributed by atoms with E-state index in [2.05, 4.69) is 42.8 Å². The largest absolute Gasteiger partial charge is 0.383 e. The molecule has 12 heteroatoms. The van der Waals surface area contributed by atoms with Gasteiger partial charge in [-0.15, -0.1) is 0 Å². The standard InChI is InChI=1S/C29H31N9O3/c1-29(2,3)22-16-23(36-41-22)34-28(39)33-19-6-10-21(11-7-19)38-27-24(26(30)31-17-32-27)25(35-38)18-4-8-20(9-5-18)37-12-14-40-15-13-37/h4-11,16-17H,12-15H2,1-3H3,(H2,30,31,32)(H2,33,34,36,39). The number of nitrogen functional groups attached to an aromatic ring is 1. The van der Waals surface area contributed by atoms with Crippen LogP contribution < -0.4 is 21.3 Å². The van der Waals surface area contributed by atoms with E-state index in [9.17, 15) is 4.79 Å². The lowest BCUT2D eigenvalue weighted by Gasteiger charge is -2.28. The van der Waals surface area contributed by atoms with E-state index >= 15 is 0 Å². The first-order chi connectivity index (χ1) is 19.8. The molecule has 2 aromatic carbocycles. The zero-order valence-electron chi connectivity index (χ0n) is 23.1. The Labute approximate surface area is 236 Å². The van der Waals surface area contributed by atoms with Crippen molar-refractivity contribution < 1.29 is 14.1 Å². The Morgan fingerprint density at radius 3 is 2.34 bits per heavy atom. The second kappa shape index (κ2) is 10.5. The minimum absolute atomic E-state index is 0.211. The minimum Gasteiger partial charge on any atom is -0.383 e. The third kappa shape index (κ3) is 5.41. The summed E-state index contributed by atoms with van der Waals surface area (Å²) in [5.74, 6) is 1.38. The molecule has 0 radical (unpaired) electrons. The van der Waals surface area contributed by atoms with Crippen molar-refractivity contribution in [2.75, 3.05) is 47.6 Å². The van der Waals surface area contributed by atoms with Gasteiger partial charge < -0.3 is 25.2 Å². The molecule has 2 amide bonds. The summed E-state index contributed by atoms with van der Waals surface area (Å²) in [5, 5.41) is 15.0. The van der Waals surface area contributed by atoms with E-state index in [-0.39, 0.29) is 5.41 Å². The van der Waals surface area contributed by atoms with Gasteiger partial charge in [-0.05, 0) is 36.4 Å². The summed E-state index contributed by atoms with van der Waals surface area (Å²) < 4.78 is 12.5. The average Bonchev–Trinajstić information content (AvgIpc) is 3.60. The molecular weight excluding hydrogens is 522 g/mol. The Balaban J connectivity index is 1.23. The quantitative estimate of drug-likeness (QED) is 0.278. The molecule has 0 saturated carbocycles. The molecule has 4 N–H and O–H groups in total. The van der Waals surface area contributed by atoms with Crippen LogP contribution in [-0.4, -0.2) is 57.2 Å². The summed E-state index contributed by atoms with van der Waals surface area (Å²) in [6, 6.07) is 16.8. The number of hydrogen-bond acceptors (Lipinski definition) is 9. The number of rotatable bonds is 5. The number of morpholine rings is 1. The molecule has 41 heavy (non-hydrogen) atoms. The molecule has 5 aromatic rings. The lowest BCUT2D eigenvalue weighted by molar-refractivity contribution is 0.122. The number of benzene rings is 2. The van der Waals surface area contributed by atoms with Crippen molar-refractivity contribution in [3.05, 3.63) is 66.7 Å². The molecule has 0 atom stereocenters. The fourth-order valence-corrected chi connectivity index (χ4v) is 4.66. The molecule has 6 rings (SSSR count). The number of urea groups is 1. The summed E-state index contributed by atoms with van der Waals surface area (Å²) in [6.07, 6.45) is 1.43. The van der Waals surface area contributed by atoms with Crippen molar-refractivity contribution in [1.82, 2.24) is 24.9 Å². The molecule has 3 aromatic heterocycles. The highest BCUT2D eigenvalue weighted by Gasteiger charge is 2.21. The predicted molar refractivity (Wildman–Crippen MR) is 157 cm³/mol. The fraction of sp³-hybridized carbons (Fsp3) is 0.276. The van der Waals surface area contributed by atoms with Gasteiger partial charge in [0.05, 0.1) is 24.3 Å². The van der Waals surface area contributed by atoms with Crippen molar-refractivity contribution in [3.63, 3.8) is 0 Å². The zero-order valence-corrected chi connectivity index (χ0v) is 23.1. The third-order valence-electron chi connectivity index (χ3n) is 6.87. The molecule has 0 bridgehead atoms. The summed E-state index contributed by atoms with van der Waals surface area (Å²) in [7, 11) is 0. The monoisotopic (exact) mass is 553 g/mol. The van der Waals surface area contributed by atoms with Crippen LogP contribution >= 0.6 is 0 Å². The summed E-state index contributed by atoms with van der Waals surface area (Å²) in [4.78, 5) is 23.5. The number of carbonyl (C=O) groups is 1. The van der Waals surface area contributed by atoms with Crippen LogP contribution in [0.25, 0.3) is 28.0 Å². The van der Waals surface area contributed by atoms with Gasteiger partial charge in [-0.1, -0.05) is 38.1 Å². The van der Waals surface area contributed by atoms with Crippen LogP contribution in [0.5, 0.6) is 0 Å². The normalized spacial score (nSPS) is 13.9. The molecule has 12 nitrogen and oxygen atoms in total. The zero-order chi connectivity index (χ0) is 28.6. The number of nitrogens with two attached hydrogens (primary N) is 1. The first kappa shape index (κ1) is 26.3. The third-order valence-corrected chi connectivity index (χ3v) is 6.87. The van der Waals surface area contributed by atoms with Crippen molar-refractivity contribution in [3.8, 4) is 16.9 Å². The second-order valence-electron chi connectivity index (χ2n) is 10.8. The van der Waals surface area contributed by atoms with E-state index in [0.717, 1.165) is 43.2 Å².